The first-order valence-corrected chi connectivity index (χ1v) is 11.2. The van der Waals surface area contributed by atoms with Gasteiger partial charge in [0.2, 0.25) is 5.91 Å². The molecule has 3 aromatic rings. The molecule has 7 heteroatoms. The number of nitrogens with zero attached hydrogens (tertiary/aromatic N) is 1. The van der Waals surface area contributed by atoms with Gasteiger partial charge >= 0.3 is 0 Å². The summed E-state index contributed by atoms with van der Waals surface area (Å²) in [6.07, 6.45) is 1.63. The molecule has 166 valence electrons. The first-order valence-electron chi connectivity index (χ1n) is 10.3. The highest BCUT2D eigenvalue weighted by molar-refractivity contribution is 8.18. The fourth-order valence-electron chi connectivity index (χ4n) is 3.37. The van der Waals surface area contributed by atoms with Gasteiger partial charge in [0.1, 0.15) is 18.0 Å². The van der Waals surface area contributed by atoms with E-state index < -0.39 is 17.1 Å². The summed E-state index contributed by atoms with van der Waals surface area (Å²) in [5, 5.41) is 2.30. The largest absolute Gasteiger partial charge is 0.457 e. The molecular weight excluding hydrogens is 436 g/mol. The molecule has 0 spiro atoms. The van der Waals surface area contributed by atoms with E-state index in [-0.39, 0.29) is 11.4 Å². The fraction of sp³-hybridized carbons (Fsp3) is 0.115. The molecule has 0 radical (unpaired) electrons. The van der Waals surface area contributed by atoms with Crippen LogP contribution in [0.3, 0.4) is 0 Å². The minimum absolute atomic E-state index is 0.260. The zero-order valence-corrected chi connectivity index (χ0v) is 19.0. The molecule has 1 fully saturated rings. The third-order valence-corrected chi connectivity index (χ3v) is 5.87. The van der Waals surface area contributed by atoms with Crippen molar-refractivity contribution in [2.45, 2.75) is 13.8 Å². The highest BCUT2D eigenvalue weighted by Gasteiger charge is 2.36. The Morgan fingerprint density at radius 1 is 0.970 bits per heavy atom. The molecule has 1 saturated heterocycles. The van der Waals surface area contributed by atoms with Gasteiger partial charge in [-0.2, -0.15) is 0 Å². The number of aryl methyl sites for hydroxylation is 2. The van der Waals surface area contributed by atoms with Crippen LogP contribution in [0.15, 0.2) is 77.7 Å². The predicted octanol–water partition coefficient (Wildman–Crippen LogP) is 5.77. The summed E-state index contributed by atoms with van der Waals surface area (Å²) >= 11 is 0.818. The Balaban J connectivity index is 1.44. The molecule has 0 bridgehead atoms. The Bertz CT molecular complexity index is 1250. The van der Waals surface area contributed by atoms with Crippen molar-refractivity contribution in [2.24, 2.45) is 0 Å². The average Bonchev–Trinajstić information content (AvgIpc) is 3.04. The summed E-state index contributed by atoms with van der Waals surface area (Å²) in [5.74, 6) is 0.394. The van der Waals surface area contributed by atoms with Crippen molar-refractivity contribution in [3.8, 4) is 11.5 Å². The number of carbonyl (C=O) groups is 3. The van der Waals surface area contributed by atoms with Gasteiger partial charge in [-0.1, -0.05) is 48.0 Å². The Morgan fingerprint density at radius 3 is 2.48 bits per heavy atom. The minimum Gasteiger partial charge on any atom is -0.457 e. The molecule has 0 aliphatic carbocycles. The van der Waals surface area contributed by atoms with Crippen LogP contribution in [0.5, 0.6) is 11.5 Å². The van der Waals surface area contributed by atoms with Crippen LogP contribution in [-0.4, -0.2) is 28.5 Å². The Labute approximate surface area is 196 Å². The van der Waals surface area contributed by atoms with E-state index >= 15 is 0 Å². The summed E-state index contributed by atoms with van der Waals surface area (Å²) in [6.45, 7) is 3.52. The van der Waals surface area contributed by atoms with Crippen molar-refractivity contribution in [2.75, 3.05) is 11.9 Å². The number of thioether (sulfide) groups is 1. The Kier molecular flexibility index (Phi) is 6.60. The highest BCUT2D eigenvalue weighted by atomic mass is 32.2. The zero-order chi connectivity index (χ0) is 23.4. The first kappa shape index (κ1) is 22.4. The number of hydrogen-bond acceptors (Lipinski definition) is 5. The standard InChI is InChI=1S/C26H22N2O4S/c1-17-11-12-22(18(2)13-17)27-24(29)16-28-25(30)23(33-26(28)31)15-19-7-6-10-21(14-19)32-20-8-4-3-5-9-20/h3-15H,16H2,1-2H3,(H,27,29)/b23-15+. The van der Waals surface area contributed by atoms with Gasteiger partial charge in [0.15, 0.2) is 0 Å². The number of nitrogens with one attached hydrogen (secondary N) is 1. The molecule has 1 N–H and O–H groups in total. The molecule has 1 aliphatic rings. The van der Waals surface area contributed by atoms with Crippen molar-refractivity contribution in [1.29, 1.82) is 0 Å². The Morgan fingerprint density at radius 2 is 1.73 bits per heavy atom. The maximum atomic E-state index is 12.8. The van der Waals surface area contributed by atoms with E-state index in [0.717, 1.165) is 27.8 Å². The number of para-hydroxylation sites is 1. The smallest absolute Gasteiger partial charge is 0.294 e. The monoisotopic (exact) mass is 458 g/mol. The lowest BCUT2D eigenvalue weighted by Gasteiger charge is -2.14. The number of benzene rings is 3. The number of ether oxygens (including phenoxy) is 1. The maximum Gasteiger partial charge on any atom is 0.294 e. The van der Waals surface area contributed by atoms with E-state index in [4.69, 9.17) is 4.74 Å². The van der Waals surface area contributed by atoms with Crippen molar-refractivity contribution in [1.82, 2.24) is 4.90 Å². The second-order valence-electron chi connectivity index (χ2n) is 7.62. The molecule has 1 aliphatic heterocycles. The number of carbonyl (C=O) groups excluding carboxylic acids is 3. The molecule has 0 atom stereocenters. The van der Waals surface area contributed by atoms with Crippen LogP contribution in [0.1, 0.15) is 16.7 Å². The van der Waals surface area contributed by atoms with Crippen molar-refractivity contribution in [3.63, 3.8) is 0 Å². The molecule has 33 heavy (non-hydrogen) atoms. The van der Waals surface area contributed by atoms with E-state index in [9.17, 15) is 14.4 Å². The van der Waals surface area contributed by atoms with E-state index in [1.807, 2.05) is 74.5 Å². The summed E-state index contributed by atoms with van der Waals surface area (Å²) in [4.78, 5) is 38.9. The number of hydrogen-bond donors (Lipinski definition) is 1. The zero-order valence-electron chi connectivity index (χ0n) is 18.2. The number of rotatable bonds is 6. The van der Waals surface area contributed by atoms with Crippen LogP contribution in [0.4, 0.5) is 10.5 Å². The Hall–Kier alpha value is -3.84. The van der Waals surface area contributed by atoms with Crippen LogP contribution in [-0.2, 0) is 9.59 Å². The molecule has 3 amide bonds. The highest BCUT2D eigenvalue weighted by Crippen LogP contribution is 2.33. The van der Waals surface area contributed by atoms with Gasteiger partial charge in [0.25, 0.3) is 11.1 Å². The topological polar surface area (TPSA) is 75.7 Å². The molecule has 6 nitrogen and oxygen atoms in total. The molecule has 3 aromatic carbocycles. The van der Waals surface area contributed by atoms with E-state index in [1.54, 1.807) is 18.2 Å². The first-order chi connectivity index (χ1) is 15.9. The lowest BCUT2D eigenvalue weighted by Crippen LogP contribution is -2.36. The minimum atomic E-state index is -0.491. The van der Waals surface area contributed by atoms with Gasteiger partial charge in [-0.25, -0.2) is 0 Å². The summed E-state index contributed by atoms with van der Waals surface area (Å²) in [7, 11) is 0. The normalized spacial score (nSPS) is 14.6. The number of anilines is 1. The molecule has 0 aromatic heterocycles. The van der Waals surface area contributed by atoms with Gasteiger partial charge in [-0.05, 0) is 73.1 Å². The summed E-state index contributed by atoms with van der Waals surface area (Å²) < 4.78 is 5.83. The lowest BCUT2D eigenvalue weighted by molar-refractivity contribution is -0.127. The predicted molar refractivity (Wildman–Crippen MR) is 130 cm³/mol. The molecule has 1 heterocycles. The second-order valence-corrected chi connectivity index (χ2v) is 8.62. The SMILES string of the molecule is Cc1ccc(NC(=O)CN2C(=O)S/C(=C/c3cccc(Oc4ccccc4)c3)C2=O)c(C)c1. The quantitative estimate of drug-likeness (QED) is 0.475. The average molecular weight is 459 g/mol. The van der Waals surface area contributed by atoms with Crippen LogP contribution in [0.2, 0.25) is 0 Å². The third kappa shape index (κ3) is 5.51. The van der Waals surface area contributed by atoms with Crippen LogP contribution >= 0.6 is 11.8 Å². The van der Waals surface area contributed by atoms with Crippen LogP contribution < -0.4 is 10.1 Å². The van der Waals surface area contributed by atoms with Gasteiger partial charge in [-0.15, -0.1) is 0 Å². The maximum absolute atomic E-state index is 12.8. The van der Waals surface area contributed by atoms with E-state index in [1.165, 1.54) is 0 Å². The van der Waals surface area contributed by atoms with Crippen LogP contribution in [0, 0.1) is 13.8 Å². The lowest BCUT2D eigenvalue weighted by atomic mass is 10.1. The number of imide groups is 1. The summed E-state index contributed by atoms with van der Waals surface area (Å²) in [5.41, 5.74) is 3.37. The molecule has 4 rings (SSSR count). The van der Waals surface area contributed by atoms with Crippen molar-refractivity contribution >= 4 is 40.6 Å². The summed E-state index contributed by atoms with van der Waals surface area (Å²) in [6, 6.07) is 22.2. The fourth-order valence-corrected chi connectivity index (χ4v) is 4.21. The second kappa shape index (κ2) is 9.75. The number of amides is 3. The van der Waals surface area contributed by atoms with Gasteiger partial charge in [-0.3, -0.25) is 19.3 Å². The molecule has 0 saturated carbocycles. The third-order valence-electron chi connectivity index (χ3n) is 4.97. The molecule has 0 unspecified atom stereocenters. The molecular formula is C26H22N2O4S. The van der Waals surface area contributed by atoms with E-state index in [0.29, 0.717) is 22.7 Å². The van der Waals surface area contributed by atoms with Gasteiger partial charge in [0.05, 0.1) is 4.91 Å². The van der Waals surface area contributed by atoms with Crippen LogP contribution in [0.25, 0.3) is 6.08 Å². The van der Waals surface area contributed by atoms with E-state index in [2.05, 4.69) is 5.32 Å². The van der Waals surface area contributed by atoms with Crippen molar-refractivity contribution < 1.29 is 19.1 Å². The van der Waals surface area contributed by atoms with Crippen molar-refractivity contribution in [3.05, 3.63) is 94.4 Å². The van der Waals surface area contributed by atoms with Gasteiger partial charge in [0, 0.05) is 5.69 Å². The van der Waals surface area contributed by atoms with Gasteiger partial charge < -0.3 is 10.1 Å².